The van der Waals surface area contributed by atoms with Crippen molar-refractivity contribution in [2.75, 3.05) is 16.2 Å². The van der Waals surface area contributed by atoms with Crippen LogP contribution in [0.1, 0.15) is 16.7 Å². The molecule has 0 unspecified atom stereocenters. The van der Waals surface area contributed by atoms with Crippen LogP contribution in [0.25, 0.3) is 0 Å². The number of nitrogens with one attached hydrogen (secondary N) is 1. The van der Waals surface area contributed by atoms with E-state index in [2.05, 4.69) is 5.32 Å². The summed E-state index contributed by atoms with van der Waals surface area (Å²) < 4.78 is 27.9. The van der Waals surface area contributed by atoms with Crippen molar-refractivity contribution >= 4 is 38.9 Å². The Hall–Kier alpha value is -2.83. The Balaban J connectivity index is 1.99. The number of halogens is 1. The van der Waals surface area contributed by atoms with Gasteiger partial charge in [0.2, 0.25) is 5.91 Å². The number of rotatable bonds is 6. The monoisotopic (exact) mass is 442 g/mol. The van der Waals surface area contributed by atoms with E-state index in [0.29, 0.717) is 22.0 Å². The van der Waals surface area contributed by atoms with Crippen molar-refractivity contribution in [3.05, 3.63) is 88.4 Å². The predicted molar refractivity (Wildman–Crippen MR) is 122 cm³/mol. The van der Waals surface area contributed by atoms with E-state index in [-0.39, 0.29) is 11.4 Å². The Kier molecular flexibility index (Phi) is 6.48. The van der Waals surface area contributed by atoms with Crippen molar-refractivity contribution in [1.82, 2.24) is 0 Å². The highest BCUT2D eigenvalue weighted by molar-refractivity contribution is 7.92. The van der Waals surface area contributed by atoms with Gasteiger partial charge in [0, 0.05) is 10.7 Å². The summed E-state index contributed by atoms with van der Waals surface area (Å²) in [6.45, 7) is 5.21. The Labute approximate surface area is 182 Å². The number of benzene rings is 3. The summed E-state index contributed by atoms with van der Waals surface area (Å²) in [5, 5.41) is 3.33. The zero-order chi connectivity index (χ0) is 21.9. The van der Waals surface area contributed by atoms with Gasteiger partial charge in [-0.1, -0.05) is 41.9 Å². The lowest BCUT2D eigenvalue weighted by molar-refractivity contribution is -0.114. The molecule has 0 spiro atoms. The Morgan fingerprint density at radius 3 is 2.30 bits per heavy atom. The molecule has 5 nitrogen and oxygen atoms in total. The number of carbonyl (C=O) groups is 1. The highest BCUT2D eigenvalue weighted by Crippen LogP contribution is 2.29. The molecular weight excluding hydrogens is 420 g/mol. The number of aryl methyl sites for hydroxylation is 3. The van der Waals surface area contributed by atoms with Crippen molar-refractivity contribution < 1.29 is 13.2 Å². The van der Waals surface area contributed by atoms with E-state index in [1.54, 1.807) is 43.3 Å². The second kappa shape index (κ2) is 8.90. The van der Waals surface area contributed by atoms with Crippen LogP contribution in [0.2, 0.25) is 5.02 Å². The molecular formula is C23H23ClN2O3S. The van der Waals surface area contributed by atoms with Gasteiger partial charge in [0.05, 0.1) is 10.6 Å². The maximum Gasteiger partial charge on any atom is 0.264 e. The van der Waals surface area contributed by atoms with Gasteiger partial charge in [-0.25, -0.2) is 8.42 Å². The molecule has 0 radical (unpaired) electrons. The first-order valence-corrected chi connectivity index (χ1v) is 11.2. The Morgan fingerprint density at radius 2 is 1.63 bits per heavy atom. The summed E-state index contributed by atoms with van der Waals surface area (Å²) in [7, 11) is -3.97. The lowest BCUT2D eigenvalue weighted by Crippen LogP contribution is -2.38. The van der Waals surface area contributed by atoms with E-state index >= 15 is 0 Å². The molecule has 0 bridgehead atoms. The van der Waals surface area contributed by atoms with Gasteiger partial charge in [0.25, 0.3) is 10.0 Å². The first-order chi connectivity index (χ1) is 14.2. The standard InChI is InChI=1S/C23H23ClN2O3S/c1-16-9-10-17(2)21(13-16)25-23(27)15-26(22-12-11-19(24)14-18(22)3)30(28,29)20-7-5-4-6-8-20/h4-14H,15H2,1-3H3,(H,25,27). The molecule has 156 valence electrons. The van der Waals surface area contributed by atoms with Crippen LogP contribution in [0.15, 0.2) is 71.6 Å². The first kappa shape index (κ1) is 21.9. The molecule has 0 saturated carbocycles. The van der Waals surface area contributed by atoms with E-state index in [9.17, 15) is 13.2 Å². The van der Waals surface area contributed by atoms with Crippen LogP contribution in [0, 0.1) is 20.8 Å². The Morgan fingerprint density at radius 1 is 0.933 bits per heavy atom. The number of anilines is 2. The lowest BCUT2D eigenvalue weighted by Gasteiger charge is -2.26. The van der Waals surface area contributed by atoms with Crippen molar-refractivity contribution in [3.63, 3.8) is 0 Å². The van der Waals surface area contributed by atoms with Crippen LogP contribution < -0.4 is 9.62 Å². The molecule has 3 rings (SSSR count). The van der Waals surface area contributed by atoms with Gasteiger partial charge in [-0.3, -0.25) is 9.10 Å². The van der Waals surface area contributed by atoms with Gasteiger partial charge in [-0.15, -0.1) is 0 Å². The van der Waals surface area contributed by atoms with Gasteiger partial charge in [-0.05, 0) is 73.9 Å². The molecule has 0 heterocycles. The molecule has 30 heavy (non-hydrogen) atoms. The predicted octanol–water partition coefficient (Wildman–Crippen LogP) is 5.10. The van der Waals surface area contributed by atoms with Gasteiger partial charge in [0.1, 0.15) is 6.54 Å². The summed E-state index contributed by atoms with van der Waals surface area (Å²) in [5.74, 6) is -0.433. The maximum atomic E-state index is 13.4. The van der Waals surface area contributed by atoms with Crippen LogP contribution in [-0.4, -0.2) is 20.9 Å². The molecule has 0 aliphatic heterocycles. The highest BCUT2D eigenvalue weighted by atomic mass is 35.5. The zero-order valence-corrected chi connectivity index (χ0v) is 18.6. The van der Waals surface area contributed by atoms with Crippen molar-refractivity contribution in [2.45, 2.75) is 25.7 Å². The fourth-order valence-electron chi connectivity index (χ4n) is 3.11. The minimum atomic E-state index is -3.97. The smallest absolute Gasteiger partial charge is 0.264 e. The number of amides is 1. The van der Waals surface area contributed by atoms with Crippen LogP contribution >= 0.6 is 11.6 Å². The maximum absolute atomic E-state index is 13.4. The normalized spacial score (nSPS) is 11.2. The molecule has 0 aromatic heterocycles. The molecule has 0 aliphatic carbocycles. The summed E-state index contributed by atoms with van der Waals surface area (Å²) in [6, 6.07) is 18.7. The Bertz CT molecular complexity index is 1180. The van der Waals surface area contributed by atoms with Gasteiger partial charge < -0.3 is 5.32 Å². The summed E-state index contributed by atoms with van der Waals surface area (Å²) >= 11 is 6.05. The molecule has 1 amide bonds. The average molecular weight is 443 g/mol. The fraction of sp³-hybridized carbons (Fsp3) is 0.174. The fourth-order valence-corrected chi connectivity index (χ4v) is 4.84. The van der Waals surface area contributed by atoms with Crippen LogP contribution in [-0.2, 0) is 14.8 Å². The minimum absolute atomic E-state index is 0.110. The van der Waals surface area contributed by atoms with E-state index in [0.717, 1.165) is 15.4 Å². The number of nitrogens with zero attached hydrogens (tertiary/aromatic N) is 1. The second-order valence-electron chi connectivity index (χ2n) is 7.12. The van der Waals surface area contributed by atoms with E-state index in [1.165, 1.54) is 12.1 Å². The second-order valence-corrected chi connectivity index (χ2v) is 9.42. The summed E-state index contributed by atoms with van der Waals surface area (Å²) in [4.78, 5) is 13.0. The van der Waals surface area contributed by atoms with Crippen molar-refractivity contribution in [2.24, 2.45) is 0 Å². The van der Waals surface area contributed by atoms with Crippen LogP contribution in [0.3, 0.4) is 0 Å². The number of hydrogen-bond acceptors (Lipinski definition) is 3. The van der Waals surface area contributed by atoms with Crippen LogP contribution in [0.5, 0.6) is 0 Å². The molecule has 3 aromatic carbocycles. The highest BCUT2D eigenvalue weighted by Gasteiger charge is 2.28. The third kappa shape index (κ3) is 4.83. The van der Waals surface area contributed by atoms with Crippen LogP contribution in [0.4, 0.5) is 11.4 Å². The molecule has 7 heteroatoms. The topological polar surface area (TPSA) is 66.5 Å². The molecule has 1 N–H and O–H groups in total. The van der Waals surface area contributed by atoms with Crippen molar-refractivity contribution in [3.8, 4) is 0 Å². The number of hydrogen-bond donors (Lipinski definition) is 1. The zero-order valence-electron chi connectivity index (χ0n) is 17.0. The summed E-state index contributed by atoms with van der Waals surface area (Å²) in [6.07, 6.45) is 0. The van der Waals surface area contributed by atoms with Gasteiger partial charge >= 0.3 is 0 Å². The molecule has 0 saturated heterocycles. The molecule has 0 atom stereocenters. The third-order valence-electron chi connectivity index (χ3n) is 4.71. The third-order valence-corrected chi connectivity index (χ3v) is 6.72. The van der Waals surface area contributed by atoms with E-state index in [1.807, 2.05) is 32.0 Å². The lowest BCUT2D eigenvalue weighted by atomic mass is 10.1. The molecule has 3 aromatic rings. The van der Waals surface area contributed by atoms with E-state index < -0.39 is 15.9 Å². The molecule has 0 aliphatic rings. The van der Waals surface area contributed by atoms with Crippen molar-refractivity contribution in [1.29, 1.82) is 0 Å². The van der Waals surface area contributed by atoms with Gasteiger partial charge in [0.15, 0.2) is 0 Å². The summed E-state index contributed by atoms with van der Waals surface area (Å²) in [5.41, 5.74) is 3.61. The van der Waals surface area contributed by atoms with E-state index in [4.69, 9.17) is 11.6 Å². The number of sulfonamides is 1. The molecule has 0 fully saturated rings. The SMILES string of the molecule is Cc1ccc(C)c(NC(=O)CN(c2ccc(Cl)cc2C)S(=O)(=O)c2ccccc2)c1. The first-order valence-electron chi connectivity index (χ1n) is 9.39. The average Bonchev–Trinajstić information content (AvgIpc) is 2.70. The largest absolute Gasteiger partial charge is 0.324 e. The number of carbonyl (C=O) groups excluding carboxylic acids is 1. The quantitative estimate of drug-likeness (QED) is 0.577. The minimum Gasteiger partial charge on any atom is -0.324 e. The van der Waals surface area contributed by atoms with Gasteiger partial charge in [-0.2, -0.15) is 0 Å².